The molecule has 3 heteroatoms. The molecule has 22 heavy (non-hydrogen) atoms. The van der Waals surface area contributed by atoms with Gasteiger partial charge in [0.05, 0.1) is 19.8 Å². The van der Waals surface area contributed by atoms with Gasteiger partial charge in [-0.25, -0.2) is 0 Å². The van der Waals surface area contributed by atoms with Crippen LogP contribution in [0.4, 0.5) is 0 Å². The molecule has 0 aliphatic carbocycles. The molecule has 0 radical (unpaired) electrons. The Morgan fingerprint density at radius 3 is 2.09 bits per heavy atom. The fourth-order valence-corrected chi connectivity index (χ4v) is 2.62. The number of methoxy groups -OCH3 is 2. The molecule has 0 fully saturated rings. The first-order valence-electron chi connectivity index (χ1n) is 6.99. The molecule has 0 aliphatic heterocycles. The van der Waals surface area contributed by atoms with Gasteiger partial charge in [0.1, 0.15) is 11.5 Å². The second-order valence-electron chi connectivity index (χ2n) is 4.90. The molecule has 0 spiro atoms. The number of hydrogen-bond acceptors (Lipinski definition) is 3. The predicted molar refractivity (Wildman–Crippen MR) is 86.9 cm³/mol. The maximum atomic E-state index is 12.8. The van der Waals surface area contributed by atoms with Crippen LogP contribution in [0.15, 0.2) is 60.7 Å². The standard InChI is InChI=1S/C19H16O3/c1-21-17-12-16(18(20)13-8-4-3-5-9-13)19(22-2)15-11-7-6-10-14(15)17/h3-12H,1-2H3. The minimum Gasteiger partial charge on any atom is -0.496 e. The Hall–Kier alpha value is -2.81. The van der Waals surface area contributed by atoms with Gasteiger partial charge >= 0.3 is 0 Å². The molecule has 0 saturated carbocycles. The summed E-state index contributed by atoms with van der Waals surface area (Å²) in [6.45, 7) is 0. The number of ether oxygens (including phenoxy) is 2. The van der Waals surface area contributed by atoms with Crippen molar-refractivity contribution in [2.45, 2.75) is 0 Å². The van der Waals surface area contributed by atoms with Gasteiger partial charge in [-0.3, -0.25) is 4.79 Å². The molecule has 0 unspecified atom stereocenters. The van der Waals surface area contributed by atoms with Gasteiger partial charge in [0.15, 0.2) is 5.78 Å². The summed E-state index contributed by atoms with van der Waals surface area (Å²) in [5.74, 6) is 1.16. The zero-order valence-electron chi connectivity index (χ0n) is 12.5. The molecule has 110 valence electrons. The molecule has 0 bridgehead atoms. The van der Waals surface area contributed by atoms with E-state index in [0.717, 1.165) is 10.8 Å². The summed E-state index contributed by atoms with van der Waals surface area (Å²) >= 11 is 0. The number of hydrogen-bond donors (Lipinski definition) is 0. The van der Waals surface area contributed by atoms with Crippen LogP contribution in [-0.4, -0.2) is 20.0 Å². The summed E-state index contributed by atoms with van der Waals surface area (Å²) in [5.41, 5.74) is 1.13. The first-order valence-corrected chi connectivity index (χ1v) is 6.99. The molecule has 0 amide bonds. The van der Waals surface area contributed by atoms with E-state index in [0.29, 0.717) is 22.6 Å². The highest BCUT2D eigenvalue weighted by atomic mass is 16.5. The fraction of sp³-hybridized carbons (Fsp3) is 0.105. The van der Waals surface area contributed by atoms with Crippen LogP contribution < -0.4 is 9.47 Å². The van der Waals surface area contributed by atoms with Crippen molar-refractivity contribution in [3.63, 3.8) is 0 Å². The molecule has 0 aliphatic rings. The summed E-state index contributed by atoms with van der Waals surface area (Å²) in [6, 6.07) is 18.6. The molecule has 0 N–H and O–H groups in total. The molecule has 3 nitrogen and oxygen atoms in total. The summed E-state index contributed by atoms with van der Waals surface area (Å²) in [7, 11) is 3.18. The van der Waals surface area contributed by atoms with E-state index in [1.165, 1.54) is 0 Å². The van der Waals surface area contributed by atoms with E-state index in [1.54, 1.807) is 32.4 Å². The van der Waals surface area contributed by atoms with Crippen molar-refractivity contribution >= 4 is 16.6 Å². The van der Waals surface area contributed by atoms with E-state index >= 15 is 0 Å². The van der Waals surface area contributed by atoms with Crippen molar-refractivity contribution in [3.05, 3.63) is 71.8 Å². The van der Waals surface area contributed by atoms with Gasteiger partial charge in [-0.1, -0.05) is 54.6 Å². The number of fused-ring (bicyclic) bond motifs is 1. The highest BCUT2D eigenvalue weighted by Gasteiger charge is 2.19. The zero-order valence-corrected chi connectivity index (χ0v) is 12.5. The lowest BCUT2D eigenvalue weighted by Crippen LogP contribution is -2.05. The summed E-state index contributed by atoms with van der Waals surface area (Å²) in [5, 5.41) is 1.79. The van der Waals surface area contributed by atoms with Crippen LogP contribution in [0.1, 0.15) is 15.9 Å². The zero-order chi connectivity index (χ0) is 15.5. The van der Waals surface area contributed by atoms with Crippen molar-refractivity contribution in [1.29, 1.82) is 0 Å². The fourth-order valence-electron chi connectivity index (χ4n) is 2.62. The quantitative estimate of drug-likeness (QED) is 0.679. The first-order chi connectivity index (χ1) is 10.8. The molecule has 0 aromatic heterocycles. The Morgan fingerprint density at radius 1 is 0.818 bits per heavy atom. The number of carbonyl (C=O) groups is 1. The largest absolute Gasteiger partial charge is 0.496 e. The van der Waals surface area contributed by atoms with Crippen molar-refractivity contribution in [1.82, 2.24) is 0 Å². The Kier molecular flexibility index (Phi) is 3.79. The lowest BCUT2D eigenvalue weighted by molar-refractivity contribution is 0.103. The smallest absolute Gasteiger partial charge is 0.196 e. The van der Waals surface area contributed by atoms with Gasteiger partial charge in [-0.05, 0) is 6.07 Å². The maximum Gasteiger partial charge on any atom is 0.196 e. The van der Waals surface area contributed by atoms with E-state index in [-0.39, 0.29) is 5.78 Å². The van der Waals surface area contributed by atoms with Crippen LogP contribution in [0.3, 0.4) is 0 Å². The van der Waals surface area contributed by atoms with Gasteiger partial charge in [0.2, 0.25) is 0 Å². The van der Waals surface area contributed by atoms with Crippen LogP contribution in [0.25, 0.3) is 10.8 Å². The Morgan fingerprint density at radius 2 is 1.45 bits per heavy atom. The molecule has 3 aromatic rings. The number of rotatable bonds is 4. The average molecular weight is 292 g/mol. The first kappa shape index (κ1) is 14.1. The molecule has 3 aromatic carbocycles. The average Bonchev–Trinajstić information content (AvgIpc) is 2.60. The van der Waals surface area contributed by atoms with Crippen LogP contribution in [0.2, 0.25) is 0 Å². The summed E-state index contributed by atoms with van der Waals surface area (Å²) < 4.78 is 11.0. The van der Waals surface area contributed by atoms with Gasteiger partial charge < -0.3 is 9.47 Å². The third-order valence-corrected chi connectivity index (χ3v) is 3.66. The SMILES string of the molecule is COc1cc(C(=O)c2ccccc2)c(OC)c2ccccc12. The van der Waals surface area contributed by atoms with E-state index in [9.17, 15) is 4.79 Å². The van der Waals surface area contributed by atoms with E-state index < -0.39 is 0 Å². The minimum absolute atomic E-state index is 0.0819. The second-order valence-corrected chi connectivity index (χ2v) is 4.90. The predicted octanol–water partition coefficient (Wildman–Crippen LogP) is 4.09. The van der Waals surface area contributed by atoms with Gasteiger partial charge in [-0.2, -0.15) is 0 Å². The highest BCUT2D eigenvalue weighted by Crippen LogP contribution is 2.37. The maximum absolute atomic E-state index is 12.8. The Bertz CT molecular complexity index is 823. The van der Waals surface area contributed by atoms with Gasteiger partial charge in [0.25, 0.3) is 0 Å². The van der Waals surface area contributed by atoms with Gasteiger partial charge in [-0.15, -0.1) is 0 Å². The summed E-state index contributed by atoms with van der Waals surface area (Å²) in [4.78, 5) is 12.8. The molecule has 0 saturated heterocycles. The number of benzene rings is 3. The van der Waals surface area contributed by atoms with Crippen molar-refractivity contribution in [3.8, 4) is 11.5 Å². The number of carbonyl (C=O) groups excluding carboxylic acids is 1. The molecular weight excluding hydrogens is 276 g/mol. The number of ketones is 1. The molecular formula is C19H16O3. The Labute approximate surface area is 129 Å². The second kappa shape index (κ2) is 5.90. The van der Waals surface area contributed by atoms with Crippen molar-refractivity contribution < 1.29 is 14.3 Å². The highest BCUT2D eigenvalue weighted by molar-refractivity contribution is 6.14. The third kappa shape index (κ3) is 2.31. The van der Waals surface area contributed by atoms with Crippen molar-refractivity contribution in [2.75, 3.05) is 14.2 Å². The van der Waals surface area contributed by atoms with Gasteiger partial charge in [0, 0.05) is 16.3 Å². The van der Waals surface area contributed by atoms with Crippen LogP contribution in [-0.2, 0) is 0 Å². The van der Waals surface area contributed by atoms with Crippen LogP contribution in [0.5, 0.6) is 11.5 Å². The minimum atomic E-state index is -0.0819. The van der Waals surface area contributed by atoms with Crippen molar-refractivity contribution in [2.24, 2.45) is 0 Å². The van der Waals surface area contributed by atoms with E-state index in [2.05, 4.69) is 0 Å². The van der Waals surface area contributed by atoms with E-state index in [4.69, 9.17) is 9.47 Å². The van der Waals surface area contributed by atoms with E-state index in [1.807, 2.05) is 42.5 Å². The monoisotopic (exact) mass is 292 g/mol. The molecule has 0 heterocycles. The molecule has 3 rings (SSSR count). The third-order valence-electron chi connectivity index (χ3n) is 3.66. The summed E-state index contributed by atoms with van der Waals surface area (Å²) in [6.07, 6.45) is 0. The van der Waals surface area contributed by atoms with Crippen LogP contribution >= 0.6 is 0 Å². The normalized spacial score (nSPS) is 10.5. The Balaban J connectivity index is 2.27. The topological polar surface area (TPSA) is 35.5 Å². The lowest BCUT2D eigenvalue weighted by Gasteiger charge is -2.14. The molecule has 0 atom stereocenters. The lowest BCUT2D eigenvalue weighted by atomic mass is 9.97. The van der Waals surface area contributed by atoms with Crippen LogP contribution in [0, 0.1) is 0 Å².